The molecule has 0 spiro atoms. The Hall–Kier alpha value is -2.95. The standard InChI is InChI=1S/C22H25N5/c1-17-7-9-20(10-8-17)24-21-16-23-26-22(25-21)27-13-11-19(12-14-27)15-18-5-3-2-4-6-18/h2-10,16,19H,11-15H2,1H3,(H,24,25,26). The summed E-state index contributed by atoms with van der Waals surface area (Å²) < 4.78 is 0. The van der Waals surface area contributed by atoms with Crippen molar-refractivity contribution in [3.63, 3.8) is 0 Å². The number of rotatable bonds is 5. The molecular weight excluding hydrogens is 334 g/mol. The molecule has 0 aliphatic carbocycles. The van der Waals surface area contributed by atoms with E-state index in [0.717, 1.165) is 49.8 Å². The lowest BCUT2D eigenvalue weighted by atomic mass is 9.90. The summed E-state index contributed by atoms with van der Waals surface area (Å²) >= 11 is 0. The van der Waals surface area contributed by atoms with Crippen molar-refractivity contribution < 1.29 is 0 Å². The van der Waals surface area contributed by atoms with Gasteiger partial charge in [0.25, 0.3) is 0 Å². The van der Waals surface area contributed by atoms with Crippen LogP contribution in [-0.4, -0.2) is 28.3 Å². The van der Waals surface area contributed by atoms with Crippen molar-refractivity contribution in [2.75, 3.05) is 23.3 Å². The molecule has 0 atom stereocenters. The molecule has 2 aromatic carbocycles. The minimum atomic E-state index is 0.713. The molecule has 0 saturated carbocycles. The molecule has 0 radical (unpaired) electrons. The van der Waals surface area contributed by atoms with Crippen LogP contribution in [0.2, 0.25) is 0 Å². The van der Waals surface area contributed by atoms with Crippen LogP contribution in [0, 0.1) is 12.8 Å². The Kier molecular flexibility index (Phi) is 5.28. The first-order valence-electron chi connectivity index (χ1n) is 9.58. The largest absolute Gasteiger partial charge is 0.339 e. The van der Waals surface area contributed by atoms with Gasteiger partial charge in [-0.2, -0.15) is 10.1 Å². The van der Waals surface area contributed by atoms with Gasteiger partial charge < -0.3 is 10.2 Å². The molecule has 4 rings (SSSR count). The van der Waals surface area contributed by atoms with Crippen LogP contribution < -0.4 is 10.2 Å². The number of aromatic nitrogens is 3. The second kappa shape index (κ2) is 8.16. The Balaban J connectivity index is 1.36. The summed E-state index contributed by atoms with van der Waals surface area (Å²) in [6.45, 7) is 4.04. The highest BCUT2D eigenvalue weighted by molar-refractivity contribution is 5.56. The zero-order valence-electron chi connectivity index (χ0n) is 15.7. The summed E-state index contributed by atoms with van der Waals surface area (Å²) in [6, 6.07) is 19.0. The zero-order chi connectivity index (χ0) is 18.5. The van der Waals surface area contributed by atoms with Gasteiger partial charge in [0.05, 0.1) is 6.20 Å². The van der Waals surface area contributed by atoms with Crippen LogP contribution in [0.4, 0.5) is 17.5 Å². The predicted molar refractivity (Wildman–Crippen MR) is 109 cm³/mol. The maximum absolute atomic E-state index is 4.66. The number of aryl methyl sites for hydroxylation is 1. The van der Waals surface area contributed by atoms with E-state index in [4.69, 9.17) is 0 Å². The third-order valence-electron chi connectivity index (χ3n) is 5.14. The number of nitrogens with zero attached hydrogens (tertiary/aromatic N) is 4. The van der Waals surface area contributed by atoms with Crippen molar-refractivity contribution in [2.24, 2.45) is 5.92 Å². The molecular formula is C22H25N5. The van der Waals surface area contributed by atoms with E-state index in [2.05, 4.69) is 74.8 Å². The number of anilines is 3. The van der Waals surface area contributed by atoms with E-state index >= 15 is 0 Å². The Bertz CT molecular complexity index is 855. The predicted octanol–water partition coefficient (Wildman–Crippen LogP) is 4.38. The van der Waals surface area contributed by atoms with Crippen LogP contribution in [0.1, 0.15) is 24.0 Å². The van der Waals surface area contributed by atoms with E-state index in [1.54, 1.807) is 6.20 Å². The lowest BCUT2D eigenvalue weighted by Crippen LogP contribution is -2.35. The average molecular weight is 359 g/mol. The van der Waals surface area contributed by atoms with Crippen LogP contribution in [-0.2, 0) is 6.42 Å². The third kappa shape index (κ3) is 4.61. The lowest BCUT2D eigenvalue weighted by Gasteiger charge is -2.31. The molecule has 1 saturated heterocycles. The highest BCUT2D eigenvalue weighted by Crippen LogP contribution is 2.24. The molecule has 138 valence electrons. The van der Waals surface area contributed by atoms with Gasteiger partial charge >= 0.3 is 0 Å². The smallest absolute Gasteiger partial charge is 0.247 e. The van der Waals surface area contributed by atoms with Crippen LogP contribution >= 0.6 is 0 Å². The number of piperidine rings is 1. The molecule has 1 aliphatic heterocycles. The molecule has 5 nitrogen and oxygen atoms in total. The number of hydrogen-bond acceptors (Lipinski definition) is 5. The van der Waals surface area contributed by atoms with Crippen molar-refractivity contribution in [3.8, 4) is 0 Å². The highest BCUT2D eigenvalue weighted by Gasteiger charge is 2.21. The second-order valence-corrected chi connectivity index (χ2v) is 7.25. The molecule has 1 aromatic heterocycles. The van der Waals surface area contributed by atoms with Crippen molar-refractivity contribution in [1.29, 1.82) is 0 Å². The summed E-state index contributed by atoms with van der Waals surface area (Å²) in [7, 11) is 0. The van der Waals surface area contributed by atoms with Crippen molar-refractivity contribution in [2.45, 2.75) is 26.2 Å². The first kappa shape index (κ1) is 17.5. The van der Waals surface area contributed by atoms with Gasteiger partial charge in [-0.1, -0.05) is 48.0 Å². The summed E-state index contributed by atoms with van der Waals surface area (Å²) in [4.78, 5) is 6.91. The van der Waals surface area contributed by atoms with E-state index in [1.807, 2.05) is 12.1 Å². The molecule has 0 unspecified atom stereocenters. The molecule has 27 heavy (non-hydrogen) atoms. The molecule has 1 N–H and O–H groups in total. The molecule has 0 bridgehead atoms. The Morgan fingerprint density at radius 3 is 2.48 bits per heavy atom. The van der Waals surface area contributed by atoms with Gasteiger partial charge in [-0.15, -0.1) is 5.10 Å². The van der Waals surface area contributed by atoms with E-state index in [-0.39, 0.29) is 0 Å². The van der Waals surface area contributed by atoms with E-state index in [9.17, 15) is 0 Å². The number of benzene rings is 2. The Morgan fingerprint density at radius 1 is 1.00 bits per heavy atom. The van der Waals surface area contributed by atoms with Gasteiger partial charge in [0.2, 0.25) is 5.95 Å². The van der Waals surface area contributed by atoms with Crippen LogP contribution in [0.3, 0.4) is 0 Å². The lowest BCUT2D eigenvalue weighted by molar-refractivity contribution is 0.400. The maximum Gasteiger partial charge on any atom is 0.247 e. The molecule has 1 aliphatic rings. The fourth-order valence-electron chi connectivity index (χ4n) is 3.56. The van der Waals surface area contributed by atoms with Crippen LogP contribution in [0.15, 0.2) is 60.8 Å². The Labute approximate surface area is 160 Å². The van der Waals surface area contributed by atoms with Crippen molar-refractivity contribution in [3.05, 3.63) is 71.9 Å². The topological polar surface area (TPSA) is 53.9 Å². The molecule has 2 heterocycles. The Morgan fingerprint density at radius 2 is 1.74 bits per heavy atom. The molecule has 3 aromatic rings. The molecule has 1 fully saturated rings. The maximum atomic E-state index is 4.66. The summed E-state index contributed by atoms with van der Waals surface area (Å²) in [5.74, 6) is 2.17. The fourth-order valence-corrected chi connectivity index (χ4v) is 3.56. The van der Waals surface area contributed by atoms with Crippen LogP contribution in [0.25, 0.3) is 0 Å². The number of nitrogens with one attached hydrogen (secondary N) is 1. The van der Waals surface area contributed by atoms with E-state index in [0.29, 0.717) is 5.95 Å². The first-order valence-corrected chi connectivity index (χ1v) is 9.58. The van der Waals surface area contributed by atoms with Gasteiger partial charge in [0.1, 0.15) is 0 Å². The van der Waals surface area contributed by atoms with Crippen LogP contribution in [0.5, 0.6) is 0 Å². The first-order chi connectivity index (χ1) is 13.3. The number of hydrogen-bond donors (Lipinski definition) is 1. The van der Waals surface area contributed by atoms with E-state index < -0.39 is 0 Å². The summed E-state index contributed by atoms with van der Waals surface area (Å²) in [5, 5.41) is 11.7. The monoisotopic (exact) mass is 359 g/mol. The average Bonchev–Trinajstić information content (AvgIpc) is 2.71. The van der Waals surface area contributed by atoms with Gasteiger partial charge in [0, 0.05) is 18.8 Å². The van der Waals surface area contributed by atoms with Crippen molar-refractivity contribution in [1.82, 2.24) is 15.2 Å². The molecule has 0 amide bonds. The fraction of sp³-hybridized carbons (Fsp3) is 0.318. The zero-order valence-corrected chi connectivity index (χ0v) is 15.7. The quantitative estimate of drug-likeness (QED) is 0.732. The summed E-state index contributed by atoms with van der Waals surface area (Å²) in [5.41, 5.74) is 3.67. The normalized spacial score (nSPS) is 14.9. The van der Waals surface area contributed by atoms with Gasteiger partial charge in [0.15, 0.2) is 5.82 Å². The second-order valence-electron chi connectivity index (χ2n) is 7.25. The summed E-state index contributed by atoms with van der Waals surface area (Å²) in [6.07, 6.45) is 5.15. The van der Waals surface area contributed by atoms with Gasteiger partial charge in [-0.05, 0) is 49.8 Å². The highest BCUT2D eigenvalue weighted by atomic mass is 15.3. The minimum Gasteiger partial charge on any atom is -0.339 e. The van der Waals surface area contributed by atoms with Gasteiger partial charge in [-0.25, -0.2) is 0 Å². The molecule has 5 heteroatoms. The minimum absolute atomic E-state index is 0.713. The van der Waals surface area contributed by atoms with Gasteiger partial charge in [-0.3, -0.25) is 0 Å². The SMILES string of the molecule is Cc1ccc(Nc2cnnc(N3CCC(Cc4ccccc4)CC3)n2)cc1. The van der Waals surface area contributed by atoms with Crippen molar-refractivity contribution >= 4 is 17.5 Å². The van der Waals surface area contributed by atoms with E-state index in [1.165, 1.54) is 11.1 Å². The third-order valence-corrected chi connectivity index (χ3v) is 5.14.